The first-order valence-corrected chi connectivity index (χ1v) is 7.71. The van der Waals surface area contributed by atoms with Crippen LogP contribution in [0.4, 0.5) is 17.1 Å². The Kier molecular flexibility index (Phi) is 4.28. The summed E-state index contributed by atoms with van der Waals surface area (Å²) in [5.41, 5.74) is 3.45. The van der Waals surface area contributed by atoms with Gasteiger partial charge in [0.1, 0.15) is 6.04 Å². The highest BCUT2D eigenvalue weighted by atomic mass is 16.2. The summed E-state index contributed by atoms with van der Waals surface area (Å²) < 4.78 is 0. The predicted octanol–water partition coefficient (Wildman–Crippen LogP) is 3.01. The SMILES string of the molecule is CCc1ccccc1NC(=O)C[C@H]1Nc2ccccc2NC1=O. The van der Waals surface area contributed by atoms with E-state index in [1.54, 1.807) is 0 Å². The number of hydrogen-bond donors (Lipinski definition) is 3. The van der Waals surface area contributed by atoms with E-state index in [9.17, 15) is 9.59 Å². The highest BCUT2D eigenvalue weighted by Crippen LogP contribution is 2.27. The van der Waals surface area contributed by atoms with Gasteiger partial charge in [-0.1, -0.05) is 37.3 Å². The highest BCUT2D eigenvalue weighted by Gasteiger charge is 2.27. The number of hydrogen-bond acceptors (Lipinski definition) is 3. The monoisotopic (exact) mass is 309 g/mol. The smallest absolute Gasteiger partial charge is 0.247 e. The minimum absolute atomic E-state index is 0.0816. The van der Waals surface area contributed by atoms with Crippen molar-refractivity contribution in [2.45, 2.75) is 25.8 Å². The van der Waals surface area contributed by atoms with Crippen molar-refractivity contribution < 1.29 is 9.59 Å². The summed E-state index contributed by atoms with van der Waals surface area (Å²) in [7, 11) is 0. The van der Waals surface area contributed by atoms with Crippen molar-refractivity contribution in [2.75, 3.05) is 16.0 Å². The number of rotatable bonds is 4. The molecule has 0 radical (unpaired) electrons. The maximum Gasteiger partial charge on any atom is 0.247 e. The van der Waals surface area contributed by atoms with Crippen LogP contribution in [0.5, 0.6) is 0 Å². The summed E-state index contributed by atoms with van der Waals surface area (Å²) in [6, 6.07) is 14.6. The molecule has 0 fully saturated rings. The van der Waals surface area contributed by atoms with Gasteiger partial charge in [0.15, 0.2) is 0 Å². The molecular formula is C18H19N3O2. The van der Waals surface area contributed by atoms with Gasteiger partial charge in [0.25, 0.3) is 0 Å². The lowest BCUT2D eigenvalue weighted by molar-refractivity contribution is -0.122. The van der Waals surface area contributed by atoms with E-state index in [4.69, 9.17) is 0 Å². The van der Waals surface area contributed by atoms with Crippen LogP contribution in [0.25, 0.3) is 0 Å². The molecule has 0 spiro atoms. The summed E-state index contributed by atoms with van der Waals surface area (Å²) in [6.07, 6.45) is 0.921. The third kappa shape index (κ3) is 3.34. The number of nitrogens with one attached hydrogen (secondary N) is 3. The lowest BCUT2D eigenvalue weighted by Crippen LogP contribution is -2.41. The van der Waals surface area contributed by atoms with E-state index in [1.165, 1.54) is 0 Å². The van der Waals surface area contributed by atoms with E-state index >= 15 is 0 Å². The van der Waals surface area contributed by atoms with Gasteiger partial charge in [0.05, 0.1) is 17.8 Å². The number of para-hydroxylation sites is 3. The van der Waals surface area contributed by atoms with Crippen LogP contribution in [0, 0.1) is 0 Å². The molecule has 2 aromatic carbocycles. The van der Waals surface area contributed by atoms with Crippen LogP contribution >= 0.6 is 0 Å². The Labute approximate surface area is 135 Å². The molecule has 2 amide bonds. The second kappa shape index (κ2) is 6.52. The van der Waals surface area contributed by atoms with Crippen LogP contribution in [0.1, 0.15) is 18.9 Å². The second-order valence-corrected chi connectivity index (χ2v) is 5.49. The molecule has 0 aliphatic carbocycles. The summed E-state index contributed by atoms with van der Waals surface area (Å²) in [4.78, 5) is 24.4. The zero-order valence-corrected chi connectivity index (χ0v) is 12.9. The van der Waals surface area contributed by atoms with Gasteiger partial charge in [-0.15, -0.1) is 0 Å². The molecule has 2 aromatic rings. The van der Waals surface area contributed by atoms with Crippen LogP contribution in [-0.4, -0.2) is 17.9 Å². The van der Waals surface area contributed by atoms with Gasteiger partial charge in [0, 0.05) is 5.69 Å². The van der Waals surface area contributed by atoms with Gasteiger partial charge >= 0.3 is 0 Å². The van der Waals surface area contributed by atoms with Gasteiger partial charge in [-0.2, -0.15) is 0 Å². The average Bonchev–Trinajstić information content (AvgIpc) is 2.56. The van der Waals surface area contributed by atoms with Gasteiger partial charge in [0.2, 0.25) is 11.8 Å². The lowest BCUT2D eigenvalue weighted by atomic mass is 10.1. The van der Waals surface area contributed by atoms with E-state index in [-0.39, 0.29) is 18.2 Å². The number of anilines is 3. The fraction of sp³-hybridized carbons (Fsp3) is 0.222. The molecule has 1 heterocycles. The second-order valence-electron chi connectivity index (χ2n) is 5.49. The molecule has 0 saturated carbocycles. The van der Waals surface area contributed by atoms with Crippen LogP contribution in [-0.2, 0) is 16.0 Å². The predicted molar refractivity (Wildman–Crippen MR) is 91.5 cm³/mol. The summed E-state index contributed by atoms with van der Waals surface area (Å²) in [5, 5.41) is 8.83. The standard InChI is InChI=1S/C18H19N3O2/c1-2-12-7-3-4-8-13(12)20-17(22)11-16-18(23)21-15-10-6-5-9-14(15)19-16/h3-10,16,19H,2,11H2,1H3,(H,20,22)(H,21,23)/t16-/m1/s1. The van der Waals surface area contributed by atoms with Gasteiger partial charge in [-0.25, -0.2) is 0 Å². The zero-order chi connectivity index (χ0) is 16.2. The molecule has 0 saturated heterocycles. The Balaban J connectivity index is 1.68. The number of amides is 2. The third-order valence-corrected chi connectivity index (χ3v) is 3.89. The van der Waals surface area contributed by atoms with Crippen LogP contribution in [0.3, 0.4) is 0 Å². The Morgan fingerprint density at radius 3 is 2.57 bits per heavy atom. The molecule has 3 N–H and O–H groups in total. The molecule has 1 aliphatic rings. The van der Waals surface area contributed by atoms with Crippen molar-refractivity contribution >= 4 is 28.9 Å². The van der Waals surface area contributed by atoms with E-state index in [1.807, 2.05) is 55.5 Å². The zero-order valence-electron chi connectivity index (χ0n) is 12.9. The summed E-state index contributed by atoms with van der Waals surface area (Å²) in [5.74, 6) is -0.374. The highest BCUT2D eigenvalue weighted by molar-refractivity contribution is 6.06. The molecule has 5 heteroatoms. The van der Waals surface area contributed by atoms with Crippen LogP contribution < -0.4 is 16.0 Å². The lowest BCUT2D eigenvalue weighted by Gasteiger charge is -2.26. The van der Waals surface area contributed by atoms with E-state index in [2.05, 4.69) is 16.0 Å². The van der Waals surface area contributed by atoms with Gasteiger partial charge in [-0.05, 0) is 30.2 Å². The number of carbonyl (C=O) groups excluding carboxylic acids is 2. The quantitative estimate of drug-likeness (QED) is 0.813. The fourth-order valence-corrected chi connectivity index (χ4v) is 2.67. The molecule has 0 bridgehead atoms. The van der Waals surface area contributed by atoms with Crippen molar-refractivity contribution in [1.82, 2.24) is 0 Å². The number of benzene rings is 2. The first-order valence-electron chi connectivity index (χ1n) is 7.71. The molecule has 3 rings (SSSR count). The number of carbonyl (C=O) groups is 2. The van der Waals surface area contributed by atoms with Crippen molar-refractivity contribution in [3.63, 3.8) is 0 Å². The first kappa shape index (κ1) is 15.1. The number of aryl methyl sites for hydroxylation is 1. The molecule has 0 aromatic heterocycles. The largest absolute Gasteiger partial charge is 0.372 e. The molecule has 1 aliphatic heterocycles. The summed E-state index contributed by atoms with van der Waals surface area (Å²) >= 11 is 0. The normalized spacial score (nSPS) is 16.0. The van der Waals surface area contributed by atoms with Gasteiger partial charge < -0.3 is 16.0 Å². The Hall–Kier alpha value is -2.82. The van der Waals surface area contributed by atoms with E-state index in [0.717, 1.165) is 29.0 Å². The topological polar surface area (TPSA) is 70.2 Å². The van der Waals surface area contributed by atoms with Crippen molar-refractivity contribution in [3.8, 4) is 0 Å². The van der Waals surface area contributed by atoms with E-state index in [0.29, 0.717) is 0 Å². The van der Waals surface area contributed by atoms with Crippen molar-refractivity contribution in [2.24, 2.45) is 0 Å². The Morgan fingerprint density at radius 2 is 1.78 bits per heavy atom. The van der Waals surface area contributed by atoms with Crippen molar-refractivity contribution in [3.05, 3.63) is 54.1 Å². The van der Waals surface area contributed by atoms with Gasteiger partial charge in [-0.3, -0.25) is 9.59 Å². The molecule has 1 atom stereocenters. The van der Waals surface area contributed by atoms with Crippen LogP contribution in [0.15, 0.2) is 48.5 Å². The molecule has 5 nitrogen and oxygen atoms in total. The van der Waals surface area contributed by atoms with E-state index < -0.39 is 6.04 Å². The molecule has 23 heavy (non-hydrogen) atoms. The maximum absolute atomic E-state index is 12.3. The molecular weight excluding hydrogens is 290 g/mol. The Bertz CT molecular complexity index is 743. The molecule has 0 unspecified atom stereocenters. The average molecular weight is 309 g/mol. The third-order valence-electron chi connectivity index (χ3n) is 3.89. The van der Waals surface area contributed by atoms with Crippen molar-refractivity contribution in [1.29, 1.82) is 0 Å². The Morgan fingerprint density at radius 1 is 1.09 bits per heavy atom. The maximum atomic E-state index is 12.3. The van der Waals surface area contributed by atoms with Crippen LogP contribution in [0.2, 0.25) is 0 Å². The molecule has 118 valence electrons. The summed E-state index contributed by atoms with van der Waals surface area (Å²) in [6.45, 7) is 2.04. The minimum atomic E-state index is -0.571. The fourth-order valence-electron chi connectivity index (χ4n) is 2.67. The minimum Gasteiger partial charge on any atom is -0.372 e. The first-order chi connectivity index (χ1) is 11.2. The number of fused-ring (bicyclic) bond motifs is 1.